The second-order valence-corrected chi connectivity index (χ2v) is 4.99. The number of carbonyl (C=O) groups is 1. The first kappa shape index (κ1) is 12.1. The van der Waals surface area contributed by atoms with Gasteiger partial charge in [0.1, 0.15) is 6.29 Å². The minimum atomic E-state index is 0.750. The summed E-state index contributed by atoms with van der Waals surface area (Å²) in [6.45, 7) is 2.80. The maximum atomic E-state index is 8.81. The third-order valence-corrected chi connectivity index (χ3v) is 4.05. The quantitative estimate of drug-likeness (QED) is 0.495. The molecule has 2 aliphatic rings. The molecule has 0 amide bonds. The van der Waals surface area contributed by atoms with E-state index in [0.717, 1.165) is 12.3 Å². The molecule has 0 N–H and O–H groups in total. The number of hydrogen-bond acceptors (Lipinski definition) is 3. The van der Waals surface area contributed by atoms with Crippen molar-refractivity contribution in [3.05, 3.63) is 0 Å². The first-order chi connectivity index (χ1) is 6.88. The average molecular weight is 215 g/mol. The zero-order valence-corrected chi connectivity index (χ0v) is 9.89. The molecule has 2 fully saturated rings. The van der Waals surface area contributed by atoms with Crippen molar-refractivity contribution in [2.75, 3.05) is 12.3 Å². The summed E-state index contributed by atoms with van der Waals surface area (Å²) in [6.07, 6.45) is 9.53. The summed E-state index contributed by atoms with van der Waals surface area (Å²) in [5, 5.41) is 0. The molecule has 1 aliphatic heterocycles. The van der Waals surface area contributed by atoms with Gasteiger partial charge in [-0.2, -0.15) is 0 Å². The fourth-order valence-electron chi connectivity index (χ4n) is 2.12. The van der Waals surface area contributed by atoms with Gasteiger partial charge in [-0.05, 0) is 26.2 Å². The molecule has 14 heavy (non-hydrogen) atoms. The molecular weight excluding hydrogens is 194 g/mol. The van der Waals surface area contributed by atoms with E-state index in [9.17, 15) is 0 Å². The summed E-state index contributed by atoms with van der Waals surface area (Å²) in [4.78, 5) is 8.81. The number of rotatable bonds is 1. The van der Waals surface area contributed by atoms with E-state index in [2.05, 4.69) is 16.3 Å². The molecule has 1 saturated heterocycles. The lowest BCUT2D eigenvalue weighted by atomic mass is 9.95. The van der Waals surface area contributed by atoms with Crippen molar-refractivity contribution in [1.82, 2.24) is 4.31 Å². The smallest absolute Gasteiger partial charge is 0.116 e. The monoisotopic (exact) mass is 215 g/mol. The van der Waals surface area contributed by atoms with Gasteiger partial charge < -0.3 is 4.79 Å². The molecule has 0 atom stereocenters. The molecule has 0 spiro atoms. The highest BCUT2D eigenvalue weighted by atomic mass is 32.2. The average Bonchev–Trinajstić information content (AvgIpc) is 2.73. The lowest BCUT2D eigenvalue weighted by Gasteiger charge is -2.29. The van der Waals surface area contributed by atoms with Crippen LogP contribution in [0.3, 0.4) is 0 Å². The molecule has 2 nitrogen and oxygen atoms in total. The summed E-state index contributed by atoms with van der Waals surface area (Å²) >= 11 is 2.08. The molecule has 0 unspecified atom stereocenters. The fourth-order valence-corrected chi connectivity index (χ4v) is 3.30. The van der Waals surface area contributed by atoms with Gasteiger partial charge in [-0.1, -0.05) is 31.2 Å². The highest BCUT2D eigenvalue weighted by Gasteiger charge is 2.23. The van der Waals surface area contributed by atoms with Gasteiger partial charge in [-0.15, -0.1) is 0 Å². The summed E-state index contributed by atoms with van der Waals surface area (Å²) < 4.78 is 2.64. The Morgan fingerprint density at radius 3 is 2.36 bits per heavy atom. The second kappa shape index (κ2) is 7.30. The van der Waals surface area contributed by atoms with Crippen LogP contribution in [-0.4, -0.2) is 28.9 Å². The largest absolute Gasteiger partial charge is 0.304 e. The van der Waals surface area contributed by atoms with Crippen LogP contribution < -0.4 is 0 Å². The van der Waals surface area contributed by atoms with Crippen molar-refractivity contribution < 1.29 is 4.79 Å². The van der Waals surface area contributed by atoms with Crippen LogP contribution in [-0.2, 0) is 4.79 Å². The van der Waals surface area contributed by atoms with Crippen LogP contribution in [0, 0.1) is 0 Å². The molecule has 1 heterocycles. The van der Waals surface area contributed by atoms with Crippen LogP contribution in [0.5, 0.6) is 0 Å². The van der Waals surface area contributed by atoms with E-state index < -0.39 is 0 Å². The van der Waals surface area contributed by atoms with Gasteiger partial charge >= 0.3 is 0 Å². The zero-order chi connectivity index (χ0) is 10.2. The standard InChI is InChI=1S/C9H17NS.C2H4O/c1-2-5-9(6-3-1)10-7-4-8-11-10;1-2-3/h9H,1-8H2;2H,1H3. The topological polar surface area (TPSA) is 20.3 Å². The van der Waals surface area contributed by atoms with Crippen LogP contribution >= 0.6 is 11.9 Å². The zero-order valence-electron chi connectivity index (χ0n) is 9.08. The molecule has 0 radical (unpaired) electrons. The Bertz CT molecular complexity index is 151. The minimum Gasteiger partial charge on any atom is -0.304 e. The highest BCUT2D eigenvalue weighted by molar-refractivity contribution is 7.97. The van der Waals surface area contributed by atoms with E-state index in [1.807, 2.05) is 0 Å². The maximum absolute atomic E-state index is 8.81. The number of aldehydes is 1. The Labute approximate surface area is 91.6 Å². The Hall–Kier alpha value is -0.0200. The minimum absolute atomic E-state index is 0.750. The van der Waals surface area contributed by atoms with Crippen LogP contribution in [0.2, 0.25) is 0 Å². The SMILES string of the molecule is C1CCC(N2CCCS2)CC1.CC=O. The molecule has 82 valence electrons. The maximum Gasteiger partial charge on any atom is 0.116 e. The number of hydrogen-bond donors (Lipinski definition) is 0. The van der Waals surface area contributed by atoms with Crippen LogP contribution in [0.25, 0.3) is 0 Å². The van der Waals surface area contributed by atoms with Crippen molar-refractivity contribution >= 4 is 18.2 Å². The highest BCUT2D eigenvalue weighted by Crippen LogP contribution is 2.30. The van der Waals surface area contributed by atoms with Gasteiger partial charge in [0.15, 0.2) is 0 Å². The lowest BCUT2D eigenvalue weighted by Crippen LogP contribution is -2.29. The van der Waals surface area contributed by atoms with E-state index in [4.69, 9.17) is 4.79 Å². The van der Waals surface area contributed by atoms with E-state index in [1.54, 1.807) is 0 Å². The Kier molecular flexibility index (Phi) is 6.28. The van der Waals surface area contributed by atoms with E-state index in [0.29, 0.717) is 0 Å². The van der Waals surface area contributed by atoms with Crippen LogP contribution in [0.15, 0.2) is 0 Å². The summed E-state index contributed by atoms with van der Waals surface area (Å²) in [6, 6.07) is 0.941. The van der Waals surface area contributed by atoms with Crippen molar-refractivity contribution in [2.24, 2.45) is 0 Å². The molecule has 0 aromatic carbocycles. The van der Waals surface area contributed by atoms with Crippen molar-refractivity contribution in [2.45, 2.75) is 51.5 Å². The summed E-state index contributed by atoms with van der Waals surface area (Å²) in [7, 11) is 0. The second-order valence-electron chi connectivity index (χ2n) is 3.86. The van der Waals surface area contributed by atoms with E-state index >= 15 is 0 Å². The molecule has 3 heteroatoms. The van der Waals surface area contributed by atoms with Gasteiger partial charge in [0.2, 0.25) is 0 Å². The Morgan fingerprint density at radius 1 is 1.21 bits per heavy atom. The molecular formula is C11H21NOS. The molecule has 2 rings (SSSR count). The molecule has 1 aliphatic carbocycles. The van der Waals surface area contributed by atoms with Crippen LogP contribution in [0.4, 0.5) is 0 Å². The first-order valence-corrected chi connectivity index (χ1v) is 6.62. The first-order valence-electron chi connectivity index (χ1n) is 5.68. The normalized spacial score (nSPS) is 24.1. The number of carbonyl (C=O) groups excluding carboxylic acids is 1. The van der Waals surface area contributed by atoms with Gasteiger partial charge in [-0.3, -0.25) is 0 Å². The third-order valence-electron chi connectivity index (χ3n) is 2.76. The molecule has 0 aromatic heterocycles. The van der Waals surface area contributed by atoms with Crippen molar-refractivity contribution in [1.29, 1.82) is 0 Å². The summed E-state index contributed by atoms with van der Waals surface area (Å²) in [5.74, 6) is 1.37. The fraction of sp³-hybridized carbons (Fsp3) is 0.909. The van der Waals surface area contributed by atoms with Crippen LogP contribution in [0.1, 0.15) is 45.4 Å². The van der Waals surface area contributed by atoms with Crippen molar-refractivity contribution in [3.63, 3.8) is 0 Å². The van der Waals surface area contributed by atoms with E-state index in [-0.39, 0.29) is 0 Å². The third kappa shape index (κ3) is 4.01. The van der Waals surface area contributed by atoms with Gasteiger partial charge in [0, 0.05) is 18.3 Å². The predicted octanol–water partition coefficient (Wildman–Crippen LogP) is 2.88. The summed E-state index contributed by atoms with van der Waals surface area (Å²) in [5.41, 5.74) is 0. The van der Waals surface area contributed by atoms with Gasteiger partial charge in [0.05, 0.1) is 0 Å². The van der Waals surface area contributed by atoms with E-state index in [1.165, 1.54) is 57.7 Å². The molecule has 0 aromatic rings. The molecule has 1 saturated carbocycles. The van der Waals surface area contributed by atoms with Gasteiger partial charge in [-0.25, -0.2) is 4.31 Å². The number of nitrogens with zero attached hydrogens (tertiary/aromatic N) is 1. The molecule has 0 bridgehead atoms. The Balaban J connectivity index is 0.000000293. The lowest BCUT2D eigenvalue weighted by molar-refractivity contribution is -0.106. The van der Waals surface area contributed by atoms with Gasteiger partial charge in [0.25, 0.3) is 0 Å². The van der Waals surface area contributed by atoms with Crippen molar-refractivity contribution in [3.8, 4) is 0 Å². The Morgan fingerprint density at radius 2 is 1.86 bits per heavy atom. The predicted molar refractivity (Wildman–Crippen MR) is 62.4 cm³/mol.